The SMILES string of the molecule is Cc1cc(C(=O)NCc2ccn(C)n2)ccc1N. The van der Waals surface area contributed by atoms with Crippen LogP contribution in [0.15, 0.2) is 30.5 Å². The first-order valence-electron chi connectivity index (χ1n) is 5.69. The lowest BCUT2D eigenvalue weighted by molar-refractivity contribution is 0.0950. The molecule has 0 unspecified atom stereocenters. The van der Waals surface area contributed by atoms with Crippen LogP contribution in [0.4, 0.5) is 5.69 Å². The molecule has 1 amide bonds. The molecule has 5 nitrogen and oxygen atoms in total. The third kappa shape index (κ3) is 2.68. The number of anilines is 1. The zero-order valence-electron chi connectivity index (χ0n) is 10.5. The summed E-state index contributed by atoms with van der Waals surface area (Å²) >= 11 is 0. The van der Waals surface area contributed by atoms with Crippen LogP contribution in [0.1, 0.15) is 21.6 Å². The minimum absolute atomic E-state index is 0.122. The van der Waals surface area contributed by atoms with Crippen molar-refractivity contribution in [3.63, 3.8) is 0 Å². The maximum absolute atomic E-state index is 11.9. The molecular weight excluding hydrogens is 228 g/mol. The lowest BCUT2D eigenvalue weighted by Gasteiger charge is -2.05. The van der Waals surface area contributed by atoms with Crippen LogP contribution in [0.3, 0.4) is 0 Å². The van der Waals surface area contributed by atoms with Crippen molar-refractivity contribution >= 4 is 11.6 Å². The second kappa shape index (κ2) is 4.91. The van der Waals surface area contributed by atoms with E-state index in [4.69, 9.17) is 5.73 Å². The lowest BCUT2D eigenvalue weighted by atomic mass is 10.1. The van der Waals surface area contributed by atoms with Gasteiger partial charge in [-0.3, -0.25) is 9.48 Å². The van der Waals surface area contributed by atoms with Crippen molar-refractivity contribution in [1.82, 2.24) is 15.1 Å². The molecular formula is C13H16N4O. The van der Waals surface area contributed by atoms with Gasteiger partial charge in [0.25, 0.3) is 5.91 Å². The number of aromatic nitrogens is 2. The van der Waals surface area contributed by atoms with Gasteiger partial charge in [-0.25, -0.2) is 0 Å². The Labute approximate surface area is 106 Å². The van der Waals surface area contributed by atoms with Gasteiger partial charge in [-0.2, -0.15) is 5.10 Å². The molecule has 0 aliphatic heterocycles. The summed E-state index contributed by atoms with van der Waals surface area (Å²) in [5.41, 5.74) is 8.75. The Morgan fingerprint density at radius 2 is 2.22 bits per heavy atom. The average Bonchev–Trinajstić information content (AvgIpc) is 2.75. The fourth-order valence-electron chi connectivity index (χ4n) is 1.65. The summed E-state index contributed by atoms with van der Waals surface area (Å²) < 4.78 is 1.70. The Morgan fingerprint density at radius 1 is 1.44 bits per heavy atom. The maximum Gasteiger partial charge on any atom is 0.251 e. The molecule has 0 aliphatic rings. The zero-order chi connectivity index (χ0) is 13.1. The van der Waals surface area contributed by atoms with Crippen molar-refractivity contribution in [2.45, 2.75) is 13.5 Å². The van der Waals surface area contributed by atoms with Crippen molar-refractivity contribution in [3.8, 4) is 0 Å². The van der Waals surface area contributed by atoms with Crippen molar-refractivity contribution in [2.75, 3.05) is 5.73 Å². The zero-order valence-corrected chi connectivity index (χ0v) is 10.5. The molecule has 0 fully saturated rings. The normalized spacial score (nSPS) is 10.3. The predicted molar refractivity (Wildman–Crippen MR) is 70.0 cm³/mol. The van der Waals surface area contributed by atoms with E-state index in [1.54, 1.807) is 22.9 Å². The number of carbonyl (C=O) groups excluding carboxylic acids is 1. The first kappa shape index (κ1) is 12.2. The predicted octanol–water partition coefficient (Wildman–Crippen LogP) is 1.24. The van der Waals surface area contributed by atoms with Gasteiger partial charge in [0, 0.05) is 24.5 Å². The van der Waals surface area contributed by atoms with Crippen LogP contribution in [-0.2, 0) is 13.6 Å². The number of nitrogen functional groups attached to an aromatic ring is 1. The van der Waals surface area contributed by atoms with E-state index in [1.807, 2.05) is 26.2 Å². The number of hydrogen-bond donors (Lipinski definition) is 2. The van der Waals surface area contributed by atoms with Crippen LogP contribution in [0.25, 0.3) is 0 Å². The quantitative estimate of drug-likeness (QED) is 0.798. The third-order valence-corrected chi connectivity index (χ3v) is 2.73. The number of hydrogen-bond acceptors (Lipinski definition) is 3. The number of rotatable bonds is 3. The van der Waals surface area contributed by atoms with E-state index in [2.05, 4.69) is 10.4 Å². The fraction of sp³-hybridized carbons (Fsp3) is 0.231. The Kier molecular flexibility index (Phi) is 3.32. The van der Waals surface area contributed by atoms with Gasteiger partial charge < -0.3 is 11.1 Å². The standard InChI is InChI=1S/C13H16N4O/c1-9-7-10(3-4-12(9)14)13(18)15-8-11-5-6-17(2)16-11/h3-7H,8,14H2,1-2H3,(H,15,18). The highest BCUT2D eigenvalue weighted by Crippen LogP contribution is 2.12. The van der Waals surface area contributed by atoms with Gasteiger partial charge in [-0.15, -0.1) is 0 Å². The highest BCUT2D eigenvalue weighted by atomic mass is 16.1. The van der Waals surface area contributed by atoms with Gasteiger partial charge in [0.1, 0.15) is 0 Å². The number of amides is 1. The molecule has 18 heavy (non-hydrogen) atoms. The molecule has 1 heterocycles. The Hall–Kier alpha value is -2.30. The molecule has 0 atom stereocenters. The number of aryl methyl sites for hydroxylation is 2. The van der Waals surface area contributed by atoms with E-state index in [0.717, 1.165) is 11.3 Å². The maximum atomic E-state index is 11.9. The van der Waals surface area contributed by atoms with Crippen molar-refractivity contribution in [3.05, 3.63) is 47.3 Å². The van der Waals surface area contributed by atoms with E-state index < -0.39 is 0 Å². The van der Waals surface area contributed by atoms with Crippen LogP contribution in [0, 0.1) is 6.92 Å². The molecule has 0 spiro atoms. The molecule has 0 saturated heterocycles. The van der Waals surface area contributed by atoms with Crippen molar-refractivity contribution < 1.29 is 4.79 Å². The smallest absolute Gasteiger partial charge is 0.251 e. The van der Waals surface area contributed by atoms with Gasteiger partial charge in [0.2, 0.25) is 0 Å². The molecule has 0 bridgehead atoms. The monoisotopic (exact) mass is 244 g/mol. The first-order chi connectivity index (χ1) is 8.56. The van der Waals surface area contributed by atoms with E-state index in [-0.39, 0.29) is 5.91 Å². The topological polar surface area (TPSA) is 72.9 Å². The highest BCUT2D eigenvalue weighted by molar-refractivity contribution is 5.94. The molecule has 0 aliphatic carbocycles. The summed E-state index contributed by atoms with van der Waals surface area (Å²) in [6, 6.07) is 7.11. The van der Waals surface area contributed by atoms with E-state index in [9.17, 15) is 4.79 Å². The molecule has 1 aromatic heterocycles. The van der Waals surface area contributed by atoms with Gasteiger partial charge in [-0.05, 0) is 36.8 Å². The summed E-state index contributed by atoms with van der Waals surface area (Å²) in [5, 5.41) is 7.01. The second-order valence-electron chi connectivity index (χ2n) is 4.23. The molecule has 2 rings (SSSR count). The lowest BCUT2D eigenvalue weighted by Crippen LogP contribution is -2.23. The first-order valence-corrected chi connectivity index (χ1v) is 5.69. The van der Waals surface area contributed by atoms with Crippen molar-refractivity contribution in [1.29, 1.82) is 0 Å². The van der Waals surface area contributed by atoms with Crippen molar-refractivity contribution in [2.24, 2.45) is 7.05 Å². The fourth-order valence-corrected chi connectivity index (χ4v) is 1.65. The summed E-state index contributed by atoms with van der Waals surface area (Å²) in [6.45, 7) is 2.30. The minimum Gasteiger partial charge on any atom is -0.399 e. The summed E-state index contributed by atoms with van der Waals surface area (Å²) in [4.78, 5) is 11.9. The molecule has 94 valence electrons. The minimum atomic E-state index is -0.122. The molecule has 3 N–H and O–H groups in total. The number of nitrogens with zero attached hydrogens (tertiary/aromatic N) is 2. The molecule has 5 heteroatoms. The third-order valence-electron chi connectivity index (χ3n) is 2.73. The largest absolute Gasteiger partial charge is 0.399 e. The van der Waals surface area contributed by atoms with E-state index in [1.165, 1.54) is 0 Å². The van der Waals surface area contributed by atoms with Gasteiger partial charge in [-0.1, -0.05) is 0 Å². The molecule has 2 aromatic rings. The van der Waals surface area contributed by atoms with Crippen LogP contribution >= 0.6 is 0 Å². The van der Waals surface area contributed by atoms with Crippen LogP contribution < -0.4 is 11.1 Å². The number of nitrogens with one attached hydrogen (secondary N) is 1. The number of nitrogens with two attached hydrogens (primary N) is 1. The molecule has 0 saturated carbocycles. The van der Waals surface area contributed by atoms with Crippen LogP contribution in [0.5, 0.6) is 0 Å². The van der Waals surface area contributed by atoms with E-state index >= 15 is 0 Å². The van der Waals surface area contributed by atoms with Gasteiger partial charge >= 0.3 is 0 Å². The summed E-state index contributed by atoms with van der Waals surface area (Å²) in [7, 11) is 1.84. The summed E-state index contributed by atoms with van der Waals surface area (Å²) in [6.07, 6.45) is 1.84. The molecule has 1 aromatic carbocycles. The Bertz CT molecular complexity index is 574. The number of benzene rings is 1. The van der Waals surface area contributed by atoms with E-state index in [0.29, 0.717) is 17.8 Å². The highest BCUT2D eigenvalue weighted by Gasteiger charge is 2.07. The van der Waals surface area contributed by atoms with Gasteiger partial charge in [0.15, 0.2) is 0 Å². The van der Waals surface area contributed by atoms with Gasteiger partial charge in [0.05, 0.1) is 12.2 Å². The van der Waals surface area contributed by atoms with Crippen LogP contribution in [-0.4, -0.2) is 15.7 Å². The number of carbonyl (C=O) groups is 1. The second-order valence-corrected chi connectivity index (χ2v) is 4.23. The molecule has 0 radical (unpaired) electrons. The Morgan fingerprint density at radius 3 is 2.83 bits per heavy atom. The average molecular weight is 244 g/mol. The summed E-state index contributed by atoms with van der Waals surface area (Å²) in [5.74, 6) is -0.122. The Balaban J connectivity index is 2.01. The van der Waals surface area contributed by atoms with Crippen LogP contribution in [0.2, 0.25) is 0 Å².